The molecule has 0 fully saturated rings. The summed E-state index contributed by atoms with van der Waals surface area (Å²) in [5.41, 5.74) is 4.67. The van der Waals surface area contributed by atoms with Crippen molar-refractivity contribution in [2.45, 2.75) is 26.4 Å². The summed E-state index contributed by atoms with van der Waals surface area (Å²) in [5.74, 6) is 0.736. The van der Waals surface area contributed by atoms with Crippen molar-refractivity contribution >= 4 is 12.2 Å². The van der Waals surface area contributed by atoms with Crippen LogP contribution in [0.3, 0.4) is 0 Å². The number of aromatic amines is 2. The number of hydrogen-bond donors (Lipinski definition) is 2. The number of nitrogens with zero attached hydrogens (tertiary/aromatic N) is 3. The first-order chi connectivity index (χ1) is 12.6. The van der Waals surface area contributed by atoms with Crippen molar-refractivity contribution in [2.75, 3.05) is 6.54 Å². The molecular formula is C19H19N5OS. The van der Waals surface area contributed by atoms with E-state index in [1.807, 2.05) is 43.5 Å². The number of hydrogen-bond acceptors (Lipinski definition) is 5. The first-order valence-corrected chi connectivity index (χ1v) is 8.95. The first kappa shape index (κ1) is 16.8. The molecule has 132 valence electrons. The predicted molar refractivity (Wildman–Crippen MR) is 102 cm³/mol. The second-order valence-electron chi connectivity index (χ2n) is 6.50. The van der Waals surface area contributed by atoms with Gasteiger partial charge in [0.2, 0.25) is 0 Å². The van der Waals surface area contributed by atoms with Gasteiger partial charge in [-0.3, -0.25) is 14.7 Å². The highest BCUT2D eigenvalue weighted by Crippen LogP contribution is 2.19. The Bertz CT molecular complexity index is 1060. The third-order valence-corrected chi connectivity index (χ3v) is 4.90. The highest BCUT2D eigenvalue weighted by atomic mass is 32.1. The lowest BCUT2D eigenvalue weighted by Gasteiger charge is -2.28. The highest BCUT2D eigenvalue weighted by Gasteiger charge is 2.20. The number of aryl methyl sites for hydroxylation is 1. The molecule has 3 heterocycles. The normalized spacial score (nSPS) is 14.2. The molecule has 0 aliphatic carbocycles. The fourth-order valence-electron chi connectivity index (χ4n) is 3.26. The van der Waals surface area contributed by atoms with E-state index in [1.54, 1.807) is 0 Å². The zero-order chi connectivity index (χ0) is 18.1. The maximum atomic E-state index is 12.2. The molecule has 0 saturated carbocycles. The average molecular weight is 365 g/mol. The molecule has 6 nitrogen and oxygen atoms in total. The van der Waals surface area contributed by atoms with Gasteiger partial charge in [0.05, 0.1) is 5.56 Å². The molecule has 0 unspecified atom stereocenters. The van der Waals surface area contributed by atoms with Crippen molar-refractivity contribution in [3.05, 3.63) is 74.2 Å². The van der Waals surface area contributed by atoms with E-state index in [2.05, 4.69) is 24.8 Å². The summed E-state index contributed by atoms with van der Waals surface area (Å²) in [6.07, 6.45) is 2.67. The minimum Gasteiger partial charge on any atom is -0.335 e. The van der Waals surface area contributed by atoms with Gasteiger partial charge in [0, 0.05) is 54.8 Å². The standard InChI is InChI=1S/C19H19N5OS/c1-12-14(9-20-17(21-12)13-5-3-2-4-6-13)10-24-8-7-16-15(11-24)18(25)23-19(26)22-16/h2-6,9H,7-8,10-11H2,1H3,(H2,22,23,25,26). The van der Waals surface area contributed by atoms with Gasteiger partial charge in [-0.05, 0) is 19.1 Å². The molecule has 26 heavy (non-hydrogen) atoms. The van der Waals surface area contributed by atoms with E-state index < -0.39 is 0 Å². The first-order valence-electron chi connectivity index (χ1n) is 8.55. The van der Waals surface area contributed by atoms with E-state index >= 15 is 0 Å². The summed E-state index contributed by atoms with van der Waals surface area (Å²) in [4.78, 5) is 29.3. The zero-order valence-electron chi connectivity index (χ0n) is 14.5. The van der Waals surface area contributed by atoms with Gasteiger partial charge in [0.25, 0.3) is 5.56 Å². The quantitative estimate of drug-likeness (QED) is 0.698. The second-order valence-corrected chi connectivity index (χ2v) is 6.90. The Kier molecular flexibility index (Phi) is 4.48. The number of benzene rings is 1. The monoisotopic (exact) mass is 365 g/mol. The van der Waals surface area contributed by atoms with E-state index in [9.17, 15) is 4.79 Å². The van der Waals surface area contributed by atoms with Gasteiger partial charge in [-0.25, -0.2) is 9.97 Å². The summed E-state index contributed by atoms with van der Waals surface area (Å²) in [5, 5.41) is 0. The number of fused-ring (bicyclic) bond motifs is 1. The fourth-order valence-corrected chi connectivity index (χ4v) is 3.48. The molecule has 2 aromatic heterocycles. The van der Waals surface area contributed by atoms with Gasteiger partial charge in [-0.15, -0.1) is 0 Å². The van der Waals surface area contributed by atoms with E-state index in [-0.39, 0.29) is 5.56 Å². The average Bonchev–Trinajstić information content (AvgIpc) is 2.64. The van der Waals surface area contributed by atoms with E-state index in [1.165, 1.54) is 0 Å². The minimum absolute atomic E-state index is 0.0964. The number of H-pyrrole nitrogens is 2. The van der Waals surface area contributed by atoms with Gasteiger partial charge in [0.1, 0.15) is 0 Å². The van der Waals surface area contributed by atoms with Crippen molar-refractivity contribution in [3.8, 4) is 11.4 Å². The van der Waals surface area contributed by atoms with Gasteiger partial charge >= 0.3 is 0 Å². The van der Waals surface area contributed by atoms with Crippen LogP contribution in [0.15, 0.2) is 41.3 Å². The molecule has 0 saturated heterocycles. The van der Waals surface area contributed by atoms with Crippen LogP contribution in [0.25, 0.3) is 11.4 Å². The summed E-state index contributed by atoms with van der Waals surface area (Å²) in [6.45, 7) is 4.18. The molecule has 3 aromatic rings. The molecule has 0 bridgehead atoms. The van der Waals surface area contributed by atoms with Crippen LogP contribution in [0.4, 0.5) is 0 Å². The molecule has 0 spiro atoms. The maximum Gasteiger partial charge on any atom is 0.256 e. The van der Waals surface area contributed by atoms with Crippen molar-refractivity contribution in [1.82, 2.24) is 24.8 Å². The lowest BCUT2D eigenvalue weighted by molar-refractivity contribution is 0.240. The Morgan fingerprint density at radius 2 is 2.04 bits per heavy atom. The Morgan fingerprint density at radius 3 is 2.81 bits per heavy atom. The van der Waals surface area contributed by atoms with Crippen LogP contribution < -0.4 is 5.56 Å². The Morgan fingerprint density at radius 1 is 1.23 bits per heavy atom. The van der Waals surface area contributed by atoms with Crippen LogP contribution >= 0.6 is 12.2 Å². The predicted octanol–water partition coefficient (Wildman–Crippen LogP) is 2.76. The Labute approximate surface area is 156 Å². The van der Waals surface area contributed by atoms with Crippen LogP contribution in [-0.2, 0) is 19.5 Å². The van der Waals surface area contributed by atoms with Crippen molar-refractivity contribution in [2.24, 2.45) is 0 Å². The van der Waals surface area contributed by atoms with Crippen molar-refractivity contribution < 1.29 is 0 Å². The molecule has 0 radical (unpaired) electrons. The molecule has 2 N–H and O–H groups in total. The zero-order valence-corrected chi connectivity index (χ0v) is 15.3. The van der Waals surface area contributed by atoms with Crippen molar-refractivity contribution in [3.63, 3.8) is 0 Å². The van der Waals surface area contributed by atoms with Crippen LogP contribution in [-0.4, -0.2) is 31.4 Å². The topological polar surface area (TPSA) is 77.7 Å². The molecule has 1 aliphatic rings. The van der Waals surface area contributed by atoms with Crippen LogP contribution in [0.1, 0.15) is 22.5 Å². The summed E-state index contributed by atoms with van der Waals surface area (Å²) in [7, 11) is 0. The van der Waals surface area contributed by atoms with Gasteiger partial charge < -0.3 is 4.98 Å². The second kappa shape index (κ2) is 6.93. The highest BCUT2D eigenvalue weighted by molar-refractivity contribution is 7.71. The minimum atomic E-state index is -0.0964. The molecule has 1 aromatic carbocycles. The lowest BCUT2D eigenvalue weighted by Crippen LogP contribution is -2.35. The van der Waals surface area contributed by atoms with Crippen molar-refractivity contribution in [1.29, 1.82) is 0 Å². The lowest BCUT2D eigenvalue weighted by atomic mass is 10.1. The Balaban J connectivity index is 1.55. The SMILES string of the molecule is Cc1nc(-c2ccccc2)ncc1CN1CCc2[nH]c(=S)[nH]c(=O)c2C1. The van der Waals surface area contributed by atoms with Crippen LogP contribution in [0.5, 0.6) is 0 Å². The molecule has 7 heteroatoms. The smallest absolute Gasteiger partial charge is 0.256 e. The van der Waals surface area contributed by atoms with Gasteiger partial charge in [0.15, 0.2) is 10.6 Å². The number of rotatable bonds is 3. The number of nitrogens with one attached hydrogen (secondary N) is 2. The van der Waals surface area contributed by atoms with Crippen LogP contribution in [0, 0.1) is 11.7 Å². The van der Waals surface area contributed by atoms with E-state index in [0.717, 1.165) is 53.4 Å². The van der Waals surface area contributed by atoms with Crippen LogP contribution in [0.2, 0.25) is 0 Å². The third-order valence-electron chi connectivity index (χ3n) is 4.70. The third kappa shape index (κ3) is 3.36. The summed E-state index contributed by atoms with van der Waals surface area (Å²) >= 11 is 5.05. The molecule has 0 amide bonds. The number of aromatic nitrogens is 4. The molecule has 0 atom stereocenters. The molecule has 4 rings (SSSR count). The largest absolute Gasteiger partial charge is 0.335 e. The summed E-state index contributed by atoms with van der Waals surface area (Å²) < 4.78 is 0.392. The maximum absolute atomic E-state index is 12.2. The molecule has 1 aliphatic heterocycles. The molecular weight excluding hydrogens is 346 g/mol. The summed E-state index contributed by atoms with van der Waals surface area (Å²) in [6, 6.07) is 9.96. The van der Waals surface area contributed by atoms with Gasteiger partial charge in [-0.1, -0.05) is 30.3 Å². The van der Waals surface area contributed by atoms with Gasteiger partial charge in [-0.2, -0.15) is 0 Å². The van der Waals surface area contributed by atoms with E-state index in [0.29, 0.717) is 11.3 Å². The van der Waals surface area contributed by atoms with E-state index in [4.69, 9.17) is 12.2 Å². The fraction of sp³-hybridized carbons (Fsp3) is 0.263. The Hall–Kier alpha value is -2.64.